The first-order chi connectivity index (χ1) is 6.77. The molecule has 1 saturated heterocycles. The Morgan fingerprint density at radius 2 is 1.93 bits per heavy atom. The van der Waals surface area contributed by atoms with Crippen molar-refractivity contribution in [3.8, 4) is 0 Å². The van der Waals surface area contributed by atoms with E-state index in [1.165, 1.54) is 0 Å². The molecule has 6 heteroatoms. The van der Waals surface area contributed by atoms with Crippen molar-refractivity contribution < 1.29 is 20.1 Å². The van der Waals surface area contributed by atoms with Gasteiger partial charge in [0.1, 0.15) is 0 Å². The van der Waals surface area contributed by atoms with Gasteiger partial charge < -0.3 is 9.62 Å². The van der Waals surface area contributed by atoms with E-state index in [1.54, 1.807) is 12.4 Å². The molecule has 4 nitrogen and oxygen atoms in total. The van der Waals surface area contributed by atoms with Gasteiger partial charge in [-0.05, 0) is 12.1 Å². The fourth-order valence-electron chi connectivity index (χ4n) is 1.50. The van der Waals surface area contributed by atoms with Gasteiger partial charge in [-0.1, -0.05) is 13.8 Å². The molecule has 0 unspecified atom stereocenters. The summed E-state index contributed by atoms with van der Waals surface area (Å²) in [6, 6.07) is 2.38. The molecule has 1 fully saturated rings. The summed E-state index contributed by atoms with van der Waals surface area (Å²) in [6.07, 6.45) is 3.54. The minimum atomic E-state index is 0. The number of hydrogen-bond donors (Lipinski definition) is 0. The maximum atomic E-state index is 4.21. The van der Waals surface area contributed by atoms with Crippen molar-refractivity contribution in [3.63, 3.8) is 0 Å². The summed E-state index contributed by atoms with van der Waals surface area (Å²) in [6.45, 7) is 6.40. The van der Waals surface area contributed by atoms with E-state index >= 15 is 0 Å². The number of hydrogen-bond acceptors (Lipinski definition) is 4. The molecule has 1 aromatic heterocycles. The smallest absolute Gasteiger partial charge is 0.354 e. The zero-order chi connectivity index (χ0) is 9.97. The molecule has 0 saturated carbocycles. The zero-order valence-electron chi connectivity index (χ0n) is 8.92. The number of rotatable bonds is 2. The Morgan fingerprint density at radius 3 is 2.47 bits per heavy atom. The normalized spacial score (nSPS) is 16.3. The van der Waals surface area contributed by atoms with Crippen LogP contribution in [0, 0.1) is 0 Å². The standard InChI is InChI=1S/C9H14BN4.Ir/c1-8(2)13-6-7-14(10-13)9-11-4-3-5-12-9;/h3-5,8H,6-7H2,1-2H3;. The predicted octanol–water partition coefficient (Wildman–Crippen LogP) is 0.539. The van der Waals surface area contributed by atoms with Crippen LogP contribution in [0.5, 0.6) is 0 Å². The van der Waals surface area contributed by atoms with Crippen molar-refractivity contribution in [3.05, 3.63) is 18.5 Å². The molecule has 0 aromatic carbocycles. The van der Waals surface area contributed by atoms with Crippen molar-refractivity contribution in [2.45, 2.75) is 19.9 Å². The van der Waals surface area contributed by atoms with E-state index in [0.29, 0.717) is 6.04 Å². The van der Waals surface area contributed by atoms with E-state index < -0.39 is 0 Å². The van der Waals surface area contributed by atoms with Crippen molar-refractivity contribution in [1.29, 1.82) is 0 Å². The predicted molar refractivity (Wildman–Crippen MR) is 57.0 cm³/mol. The molecule has 1 aromatic rings. The van der Waals surface area contributed by atoms with E-state index in [2.05, 4.69) is 41.0 Å². The Bertz CT molecular complexity index is 295. The van der Waals surface area contributed by atoms with Gasteiger partial charge in [0.05, 0.1) is 0 Å². The van der Waals surface area contributed by atoms with Crippen molar-refractivity contribution in [2.75, 3.05) is 17.9 Å². The van der Waals surface area contributed by atoms with Crippen LogP contribution in [0.3, 0.4) is 0 Å². The Morgan fingerprint density at radius 1 is 1.27 bits per heavy atom. The van der Waals surface area contributed by atoms with E-state index in [0.717, 1.165) is 19.0 Å². The fraction of sp³-hybridized carbons (Fsp3) is 0.556. The molecule has 0 bridgehead atoms. The number of anilines is 1. The molecule has 15 heavy (non-hydrogen) atoms. The largest absolute Gasteiger partial charge is 0.372 e. The van der Waals surface area contributed by atoms with Crippen LogP contribution in [0.1, 0.15) is 13.8 Å². The summed E-state index contributed by atoms with van der Waals surface area (Å²) in [4.78, 5) is 12.8. The molecule has 82 valence electrons. The van der Waals surface area contributed by atoms with Crippen LogP contribution in [0.15, 0.2) is 18.5 Å². The van der Waals surface area contributed by atoms with Gasteiger partial charge in [0.15, 0.2) is 0 Å². The Balaban J connectivity index is 0.00000112. The average Bonchev–Trinajstić information content (AvgIpc) is 2.68. The molecule has 0 N–H and O–H groups in total. The van der Waals surface area contributed by atoms with Crippen molar-refractivity contribution in [1.82, 2.24) is 14.8 Å². The molecule has 2 heterocycles. The third-order valence-electron chi connectivity index (χ3n) is 2.36. The summed E-state index contributed by atoms with van der Waals surface area (Å²) in [7, 11) is 2.10. The van der Waals surface area contributed by atoms with E-state index in [9.17, 15) is 0 Å². The van der Waals surface area contributed by atoms with Gasteiger partial charge in [0.2, 0.25) is 5.95 Å². The van der Waals surface area contributed by atoms with Gasteiger partial charge in [-0.15, -0.1) is 0 Å². The van der Waals surface area contributed by atoms with Crippen molar-refractivity contribution >= 4 is 13.5 Å². The monoisotopic (exact) mass is 382 g/mol. The van der Waals surface area contributed by atoms with Crippen LogP contribution in [-0.4, -0.2) is 41.5 Å². The molecule has 0 atom stereocenters. The maximum absolute atomic E-state index is 4.21. The van der Waals surface area contributed by atoms with Gasteiger partial charge in [0.25, 0.3) is 0 Å². The second-order valence-corrected chi connectivity index (χ2v) is 3.69. The summed E-state index contributed by atoms with van der Waals surface area (Å²) in [5.41, 5.74) is 0. The van der Waals surface area contributed by atoms with Crippen LogP contribution in [0.25, 0.3) is 0 Å². The van der Waals surface area contributed by atoms with Gasteiger partial charge in [-0.2, -0.15) is 0 Å². The number of aromatic nitrogens is 2. The molecule has 0 aliphatic carbocycles. The quantitative estimate of drug-likeness (QED) is 0.701. The topological polar surface area (TPSA) is 32.3 Å². The van der Waals surface area contributed by atoms with Crippen molar-refractivity contribution in [2.24, 2.45) is 0 Å². The Hall–Kier alpha value is -0.446. The zero-order valence-corrected chi connectivity index (χ0v) is 11.3. The first-order valence-corrected chi connectivity index (χ1v) is 4.92. The van der Waals surface area contributed by atoms with Gasteiger partial charge in [0, 0.05) is 45.6 Å². The minimum Gasteiger partial charge on any atom is -0.372 e. The van der Waals surface area contributed by atoms with Crippen LogP contribution in [-0.2, 0) is 20.1 Å². The van der Waals surface area contributed by atoms with E-state index in [4.69, 9.17) is 0 Å². The molecule has 2 radical (unpaired) electrons. The first kappa shape index (κ1) is 12.6. The van der Waals surface area contributed by atoms with Crippen LogP contribution >= 0.6 is 0 Å². The van der Waals surface area contributed by atoms with E-state index in [-0.39, 0.29) is 20.1 Å². The summed E-state index contributed by atoms with van der Waals surface area (Å²) < 4.78 is 0. The second kappa shape index (κ2) is 5.59. The van der Waals surface area contributed by atoms with Gasteiger partial charge in [-0.25, -0.2) is 9.97 Å². The first-order valence-electron chi connectivity index (χ1n) is 4.92. The second-order valence-electron chi connectivity index (χ2n) is 3.69. The minimum absolute atomic E-state index is 0. The molecule has 0 amide bonds. The molecule has 1 aliphatic heterocycles. The van der Waals surface area contributed by atoms with Crippen LogP contribution < -0.4 is 4.81 Å². The third kappa shape index (κ3) is 3.00. The van der Waals surface area contributed by atoms with E-state index in [1.807, 2.05) is 6.07 Å². The third-order valence-corrected chi connectivity index (χ3v) is 2.36. The maximum Gasteiger partial charge on any atom is 0.354 e. The van der Waals surface area contributed by atoms with Gasteiger partial charge >= 0.3 is 7.55 Å². The Kier molecular flexibility index (Phi) is 4.70. The Labute approximate surface area is 105 Å². The molecule has 1 aliphatic rings. The molecule has 0 spiro atoms. The SMILES string of the molecule is CC(C)N1[B]N(c2ncccn2)CC1.[Ir]. The summed E-state index contributed by atoms with van der Waals surface area (Å²) in [5, 5.41) is 0. The van der Waals surface area contributed by atoms with Crippen LogP contribution in [0.4, 0.5) is 5.95 Å². The summed E-state index contributed by atoms with van der Waals surface area (Å²) in [5.74, 6) is 0.788. The van der Waals surface area contributed by atoms with Crippen LogP contribution in [0.2, 0.25) is 0 Å². The van der Waals surface area contributed by atoms with Gasteiger partial charge in [-0.3, -0.25) is 0 Å². The molecule has 2 rings (SSSR count). The number of nitrogens with zero attached hydrogens (tertiary/aromatic N) is 4. The average molecular weight is 381 g/mol. The molecular weight excluding hydrogens is 367 g/mol. The molecular formula is C9H14BIrN4. The summed E-state index contributed by atoms with van der Waals surface area (Å²) >= 11 is 0. The fourth-order valence-corrected chi connectivity index (χ4v) is 1.50.